The minimum absolute atomic E-state index is 0.0255. The fraction of sp³-hybridized carbons (Fsp3) is 0.417. The van der Waals surface area contributed by atoms with E-state index in [1.54, 1.807) is 19.2 Å². The van der Waals surface area contributed by atoms with Crippen molar-refractivity contribution in [1.82, 2.24) is 0 Å². The van der Waals surface area contributed by atoms with Crippen LogP contribution in [0.5, 0.6) is 5.75 Å². The molecule has 1 N–H and O–H groups in total. The zero-order chi connectivity index (χ0) is 12.1. The SMILES string of the molecule is CCCC(=O)Nc1cc(Cl)cc(C)c1OC. The van der Waals surface area contributed by atoms with Gasteiger partial charge >= 0.3 is 0 Å². The summed E-state index contributed by atoms with van der Waals surface area (Å²) in [5.41, 5.74) is 1.53. The van der Waals surface area contributed by atoms with Crippen molar-refractivity contribution in [2.75, 3.05) is 12.4 Å². The molecule has 16 heavy (non-hydrogen) atoms. The second-order valence-electron chi connectivity index (χ2n) is 3.60. The molecule has 0 aliphatic carbocycles. The number of halogens is 1. The Hall–Kier alpha value is -1.22. The lowest BCUT2D eigenvalue weighted by molar-refractivity contribution is -0.116. The summed E-state index contributed by atoms with van der Waals surface area (Å²) in [6.07, 6.45) is 1.31. The van der Waals surface area contributed by atoms with Crippen molar-refractivity contribution in [3.8, 4) is 5.75 Å². The van der Waals surface area contributed by atoms with E-state index in [1.807, 2.05) is 13.8 Å². The zero-order valence-electron chi connectivity index (χ0n) is 9.76. The zero-order valence-corrected chi connectivity index (χ0v) is 10.5. The molecule has 1 aromatic rings. The van der Waals surface area contributed by atoms with Gasteiger partial charge in [-0.05, 0) is 31.0 Å². The van der Waals surface area contributed by atoms with Crippen LogP contribution in [0, 0.1) is 6.92 Å². The number of aryl methyl sites for hydroxylation is 1. The van der Waals surface area contributed by atoms with Crippen LogP contribution in [0.4, 0.5) is 5.69 Å². The maximum absolute atomic E-state index is 11.5. The van der Waals surface area contributed by atoms with Crippen molar-refractivity contribution in [1.29, 1.82) is 0 Å². The second-order valence-corrected chi connectivity index (χ2v) is 4.04. The Morgan fingerprint density at radius 2 is 2.19 bits per heavy atom. The summed E-state index contributed by atoms with van der Waals surface area (Å²) in [7, 11) is 1.58. The molecule has 0 saturated heterocycles. The van der Waals surface area contributed by atoms with E-state index in [-0.39, 0.29) is 5.91 Å². The Morgan fingerprint density at radius 3 is 2.75 bits per heavy atom. The van der Waals surface area contributed by atoms with Gasteiger partial charge in [0.05, 0.1) is 12.8 Å². The largest absolute Gasteiger partial charge is 0.494 e. The first-order valence-corrected chi connectivity index (χ1v) is 5.60. The van der Waals surface area contributed by atoms with Gasteiger partial charge in [0, 0.05) is 11.4 Å². The Kier molecular flexibility index (Phi) is 4.62. The van der Waals surface area contributed by atoms with Crippen LogP contribution in [0.3, 0.4) is 0 Å². The molecule has 1 aromatic carbocycles. The fourth-order valence-corrected chi connectivity index (χ4v) is 1.81. The molecular weight excluding hydrogens is 226 g/mol. The fourth-order valence-electron chi connectivity index (χ4n) is 1.53. The highest BCUT2D eigenvalue weighted by molar-refractivity contribution is 6.31. The van der Waals surface area contributed by atoms with E-state index in [1.165, 1.54) is 0 Å². The molecule has 4 heteroatoms. The van der Waals surface area contributed by atoms with E-state index in [0.717, 1.165) is 12.0 Å². The number of amides is 1. The highest BCUT2D eigenvalue weighted by atomic mass is 35.5. The molecule has 0 fully saturated rings. The van der Waals surface area contributed by atoms with Gasteiger partial charge in [0.1, 0.15) is 5.75 Å². The molecule has 0 unspecified atom stereocenters. The molecule has 88 valence electrons. The molecule has 0 aliphatic heterocycles. The molecule has 0 spiro atoms. The third-order valence-electron chi connectivity index (χ3n) is 2.19. The first kappa shape index (κ1) is 12.8. The average Bonchev–Trinajstić information content (AvgIpc) is 2.17. The number of methoxy groups -OCH3 is 1. The van der Waals surface area contributed by atoms with Gasteiger partial charge in [-0.2, -0.15) is 0 Å². The molecule has 0 heterocycles. The third kappa shape index (κ3) is 3.14. The van der Waals surface area contributed by atoms with E-state index in [0.29, 0.717) is 22.9 Å². The summed E-state index contributed by atoms with van der Waals surface area (Å²) in [6.45, 7) is 3.85. The number of nitrogens with one attached hydrogen (secondary N) is 1. The number of hydrogen-bond acceptors (Lipinski definition) is 2. The lowest BCUT2D eigenvalue weighted by atomic mass is 10.2. The predicted octanol–water partition coefficient (Wildman–Crippen LogP) is 3.40. The minimum Gasteiger partial charge on any atom is -0.494 e. The van der Waals surface area contributed by atoms with Crippen LogP contribution >= 0.6 is 11.6 Å². The van der Waals surface area contributed by atoms with Crippen LogP contribution in [-0.4, -0.2) is 13.0 Å². The summed E-state index contributed by atoms with van der Waals surface area (Å²) >= 11 is 5.93. The third-order valence-corrected chi connectivity index (χ3v) is 2.41. The summed E-state index contributed by atoms with van der Waals surface area (Å²) in [5.74, 6) is 0.635. The molecule has 1 amide bonds. The van der Waals surface area contributed by atoms with Gasteiger partial charge < -0.3 is 10.1 Å². The standard InChI is InChI=1S/C12H16ClNO2/c1-4-5-11(15)14-10-7-9(13)6-8(2)12(10)16-3/h6-7H,4-5H2,1-3H3,(H,14,15). The summed E-state index contributed by atoms with van der Waals surface area (Å²) < 4.78 is 5.24. The van der Waals surface area contributed by atoms with Crippen LogP contribution in [0.25, 0.3) is 0 Å². The smallest absolute Gasteiger partial charge is 0.224 e. The Labute approximate surface area is 101 Å². The average molecular weight is 242 g/mol. The summed E-state index contributed by atoms with van der Waals surface area (Å²) in [6, 6.07) is 3.50. The quantitative estimate of drug-likeness (QED) is 0.878. The van der Waals surface area contributed by atoms with Crippen LogP contribution in [0.1, 0.15) is 25.3 Å². The number of benzene rings is 1. The van der Waals surface area contributed by atoms with E-state index < -0.39 is 0 Å². The molecule has 0 atom stereocenters. The highest BCUT2D eigenvalue weighted by Gasteiger charge is 2.10. The Morgan fingerprint density at radius 1 is 1.50 bits per heavy atom. The maximum atomic E-state index is 11.5. The van der Waals surface area contributed by atoms with E-state index in [2.05, 4.69) is 5.32 Å². The van der Waals surface area contributed by atoms with Crippen LogP contribution in [0.15, 0.2) is 12.1 Å². The van der Waals surface area contributed by atoms with Gasteiger partial charge in [0.15, 0.2) is 0 Å². The number of carbonyl (C=O) groups excluding carboxylic acids is 1. The lowest BCUT2D eigenvalue weighted by Gasteiger charge is -2.12. The second kappa shape index (κ2) is 5.75. The normalized spacial score (nSPS) is 10.0. The highest BCUT2D eigenvalue weighted by Crippen LogP contribution is 2.32. The summed E-state index contributed by atoms with van der Waals surface area (Å²) in [5, 5.41) is 3.38. The maximum Gasteiger partial charge on any atom is 0.224 e. The van der Waals surface area contributed by atoms with Crippen molar-refractivity contribution in [2.45, 2.75) is 26.7 Å². The van der Waals surface area contributed by atoms with Gasteiger partial charge in [-0.1, -0.05) is 18.5 Å². The molecule has 0 saturated carbocycles. The number of hydrogen-bond donors (Lipinski definition) is 1. The van der Waals surface area contributed by atoms with Crippen molar-refractivity contribution >= 4 is 23.2 Å². The molecular formula is C12H16ClNO2. The molecule has 0 aliphatic rings. The van der Waals surface area contributed by atoms with Crippen molar-refractivity contribution in [3.63, 3.8) is 0 Å². The van der Waals surface area contributed by atoms with Crippen LogP contribution in [-0.2, 0) is 4.79 Å². The van der Waals surface area contributed by atoms with E-state index >= 15 is 0 Å². The Bertz CT molecular complexity index is 391. The topological polar surface area (TPSA) is 38.3 Å². The van der Waals surface area contributed by atoms with Gasteiger partial charge in [-0.15, -0.1) is 0 Å². The Balaban J connectivity index is 2.97. The van der Waals surface area contributed by atoms with Gasteiger partial charge in [0.25, 0.3) is 0 Å². The molecule has 3 nitrogen and oxygen atoms in total. The summed E-state index contributed by atoms with van der Waals surface area (Å²) in [4.78, 5) is 11.5. The minimum atomic E-state index is -0.0255. The van der Waals surface area contributed by atoms with E-state index in [9.17, 15) is 4.79 Å². The first-order valence-electron chi connectivity index (χ1n) is 5.22. The molecule has 0 aromatic heterocycles. The number of carbonyl (C=O) groups is 1. The van der Waals surface area contributed by atoms with Crippen LogP contribution < -0.4 is 10.1 Å². The van der Waals surface area contributed by atoms with Crippen molar-refractivity contribution in [2.24, 2.45) is 0 Å². The molecule has 1 rings (SSSR count). The number of ether oxygens (including phenoxy) is 1. The van der Waals surface area contributed by atoms with Gasteiger partial charge in [-0.3, -0.25) is 4.79 Å². The predicted molar refractivity (Wildman–Crippen MR) is 66.3 cm³/mol. The van der Waals surface area contributed by atoms with Gasteiger partial charge in [-0.25, -0.2) is 0 Å². The van der Waals surface area contributed by atoms with Crippen molar-refractivity contribution in [3.05, 3.63) is 22.7 Å². The number of rotatable bonds is 4. The van der Waals surface area contributed by atoms with Crippen molar-refractivity contribution < 1.29 is 9.53 Å². The monoisotopic (exact) mass is 241 g/mol. The van der Waals surface area contributed by atoms with E-state index in [4.69, 9.17) is 16.3 Å². The molecule has 0 bridgehead atoms. The lowest BCUT2D eigenvalue weighted by Crippen LogP contribution is -2.11. The number of anilines is 1. The van der Waals surface area contributed by atoms with Crippen LogP contribution in [0.2, 0.25) is 5.02 Å². The first-order chi connectivity index (χ1) is 7.58. The molecule has 0 radical (unpaired) electrons. The van der Waals surface area contributed by atoms with Gasteiger partial charge in [0.2, 0.25) is 5.91 Å².